The molecule has 0 saturated carbocycles. The molecule has 2 nitrogen and oxygen atoms in total. The maximum absolute atomic E-state index is 11.0. The Morgan fingerprint density at radius 2 is 2.10 bits per heavy atom. The van der Waals surface area contributed by atoms with Crippen LogP contribution in [0, 0.1) is 5.41 Å². The molecule has 0 spiro atoms. The number of ether oxygens (including phenoxy) is 1. The quantitative estimate of drug-likeness (QED) is 0.376. The monoisotopic (exact) mass is 140 g/mol. The summed E-state index contributed by atoms with van der Waals surface area (Å²) in [4.78, 5) is 11.0. The number of cyclic esters (lactones) is 1. The second-order valence-electron chi connectivity index (χ2n) is 3.20. The first-order valence-corrected chi connectivity index (χ1v) is 3.36. The molecule has 56 valence electrons. The Kier molecular flexibility index (Phi) is 1.35. The fraction of sp³-hybridized carbons (Fsp3) is 0.625. The molecule has 0 aromatic rings. The van der Waals surface area contributed by atoms with E-state index in [2.05, 4.69) is 6.58 Å². The average Bonchev–Trinajstić information content (AvgIpc) is 1.97. The third-order valence-corrected chi connectivity index (χ3v) is 2.09. The van der Waals surface area contributed by atoms with E-state index in [9.17, 15) is 4.79 Å². The van der Waals surface area contributed by atoms with Crippen LogP contribution in [0.3, 0.4) is 0 Å². The topological polar surface area (TPSA) is 26.3 Å². The molecule has 0 aromatic carbocycles. The first kappa shape index (κ1) is 7.32. The molecule has 0 bridgehead atoms. The maximum Gasteiger partial charge on any atom is 0.316 e. The highest BCUT2D eigenvalue weighted by atomic mass is 16.6. The summed E-state index contributed by atoms with van der Waals surface area (Å²) >= 11 is 0. The SMILES string of the molecule is C=C1C(C)OC(=O)C1(C)C. The van der Waals surface area contributed by atoms with E-state index in [1.807, 2.05) is 20.8 Å². The lowest BCUT2D eigenvalue weighted by Gasteiger charge is -2.12. The van der Waals surface area contributed by atoms with Crippen molar-refractivity contribution in [1.82, 2.24) is 0 Å². The Morgan fingerprint density at radius 3 is 2.20 bits per heavy atom. The molecule has 0 N–H and O–H groups in total. The standard InChI is InChI=1S/C8H12O2/c1-5-6(2)10-7(9)8(5,3)4/h6H,1H2,2-4H3. The van der Waals surface area contributed by atoms with Crippen LogP contribution in [0.15, 0.2) is 12.2 Å². The van der Waals surface area contributed by atoms with E-state index in [0.717, 1.165) is 5.57 Å². The van der Waals surface area contributed by atoms with Crippen LogP contribution in [0.1, 0.15) is 20.8 Å². The van der Waals surface area contributed by atoms with Gasteiger partial charge in [-0.2, -0.15) is 0 Å². The van der Waals surface area contributed by atoms with Crippen molar-refractivity contribution in [3.8, 4) is 0 Å². The lowest BCUT2D eigenvalue weighted by Crippen LogP contribution is -2.18. The molecule has 0 amide bonds. The Morgan fingerprint density at radius 1 is 1.60 bits per heavy atom. The molecular weight excluding hydrogens is 128 g/mol. The largest absolute Gasteiger partial charge is 0.457 e. The van der Waals surface area contributed by atoms with Gasteiger partial charge in [0.05, 0.1) is 5.41 Å². The molecule has 0 aromatic heterocycles. The Bertz CT molecular complexity index is 191. The van der Waals surface area contributed by atoms with Gasteiger partial charge in [-0.05, 0) is 26.3 Å². The summed E-state index contributed by atoms with van der Waals surface area (Å²) in [6.45, 7) is 9.30. The molecule has 1 aliphatic heterocycles. The van der Waals surface area contributed by atoms with Gasteiger partial charge in [0.15, 0.2) is 0 Å². The summed E-state index contributed by atoms with van der Waals surface area (Å²) in [5.41, 5.74) is 0.400. The van der Waals surface area contributed by atoms with Crippen molar-refractivity contribution in [2.75, 3.05) is 0 Å². The summed E-state index contributed by atoms with van der Waals surface area (Å²) in [5.74, 6) is -0.162. The van der Waals surface area contributed by atoms with Gasteiger partial charge in [0.2, 0.25) is 0 Å². The Hall–Kier alpha value is -0.790. The predicted octanol–water partition coefficient (Wildman–Crippen LogP) is 1.51. The van der Waals surface area contributed by atoms with Crippen LogP contribution in [-0.4, -0.2) is 12.1 Å². The van der Waals surface area contributed by atoms with Crippen LogP contribution in [-0.2, 0) is 9.53 Å². The molecule has 1 saturated heterocycles. The molecule has 1 heterocycles. The molecule has 1 fully saturated rings. The van der Waals surface area contributed by atoms with Gasteiger partial charge < -0.3 is 4.74 Å². The van der Waals surface area contributed by atoms with E-state index in [1.54, 1.807) is 0 Å². The third kappa shape index (κ3) is 0.753. The van der Waals surface area contributed by atoms with Crippen molar-refractivity contribution in [3.05, 3.63) is 12.2 Å². The average molecular weight is 140 g/mol. The van der Waals surface area contributed by atoms with Gasteiger partial charge in [-0.3, -0.25) is 4.79 Å². The molecule has 0 radical (unpaired) electrons. The van der Waals surface area contributed by atoms with Crippen LogP contribution in [0.2, 0.25) is 0 Å². The lowest BCUT2D eigenvalue weighted by atomic mass is 9.85. The van der Waals surface area contributed by atoms with Crippen molar-refractivity contribution in [2.45, 2.75) is 26.9 Å². The number of carbonyl (C=O) groups excluding carboxylic acids is 1. The van der Waals surface area contributed by atoms with Gasteiger partial charge in [-0.1, -0.05) is 6.58 Å². The van der Waals surface area contributed by atoms with Crippen molar-refractivity contribution < 1.29 is 9.53 Å². The summed E-state index contributed by atoms with van der Waals surface area (Å²) in [6, 6.07) is 0. The van der Waals surface area contributed by atoms with Gasteiger partial charge in [0.25, 0.3) is 0 Å². The summed E-state index contributed by atoms with van der Waals surface area (Å²) in [6.07, 6.45) is -0.109. The molecule has 1 unspecified atom stereocenters. The first-order chi connectivity index (χ1) is 4.46. The van der Waals surface area contributed by atoms with Crippen LogP contribution >= 0.6 is 0 Å². The van der Waals surface area contributed by atoms with E-state index < -0.39 is 5.41 Å². The first-order valence-electron chi connectivity index (χ1n) is 3.36. The van der Waals surface area contributed by atoms with Gasteiger partial charge in [-0.15, -0.1) is 0 Å². The second-order valence-corrected chi connectivity index (χ2v) is 3.20. The molecule has 0 aliphatic carbocycles. The molecule has 1 rings (SSSR count). The smallest absolute Gasteiger partial charge is 0.316 e. The molecule has 10 heavy (non-hydrogen) atoms. The Balaban J connectivity index is 2.96. The maximum atomic E-state index is 11.0. The fourth-order valence-corrected chi connectivity index (χ4v) is 1.02. The zero-order valence-electron chi connectivity index (χ0n) is 6.60. The molecule has 2 heteroatoms. The lowest BCUT2D eigenvalue weighted by molar-refractivity contribution is -0.147. The number of esters is 1. The van der Waals surface area contributed by atoms with Gasteiger partial charge in [-0.25, -0.2) is 0 Å². The van der Waals surface area contributed by atoms with Gasteiger partial charge in [0, 0.05) is 0 Å². The summed E-state index contributed by atoms with van der Waals surface area (Å²) in [5, 5.41) is 0. The highest BCUT2D eigenvalue weighted by molar-refractivity contribution is 5.83. The molecule has 1 aliphatic rings. The van der Waals surface area contributed by atoms with Crippen molar-refractivity contribution in [2.24, 2.45) is 5.41 Å². The zero-order valence-corrected chi connectivity index (χ0v) is 6.60. The van der Waals surface area contributed by atoms with E-state index in [-0.39, 0.29) is 12.1 Å². The second kappa shape index (κ2) is 1.84. The molecular formula is C8H12O2. The van der Waals surface area contributed by atoms with Crippen LogP contribution in [0.5, 0.6) is 0 Å². The van der Waals surface area contributed by atoms with Crippen molar-refractivity contribution in [3.63, 3.8) is 0 Å². The molecule has 1 atom stereocenters. The summed E-state index contributed by atoms with van der Waals surface area (Å²) < 4.78 is 4.95. The number of hydrogen-bond donors (Lipinski definition) is 0. The third-order valence-electron chi connectivity index (χ3n) is 2.09. The number of hydrogen-bond acceptors (Lipinski definition) is 2. The highest BCUT2D eigenvalue weighted by Crippen LogP contribution is 2.36. The minimum Gasteiger partial charge on any atom is -0.457 e. The van der Waals surface area contributed by atoms with E-state index in [4.69, 9.17) is 4.74 Å². The van der Waals surface area contributed by atoms with Crippen LogP contribution < -0.4 is 0 Å². The van der Waals surface area contributed by atoms with Crippen LogP contribution in [0.25, 0.3) is 0 Å². The van der Waals surface area contributed by atoms with Crippen molar-refractivity contribution in [1.29, 1.82) is 0 Å². The van der Waals surface area contributed by atoms with Crippen molar-refractivity contribution >= 4 is 5.97 Å². The van der Waals surface area contributed by atoms with E-state index in [1.165, 1.54) is 0 Å². The minimum atomic E-state index is -0.473. The van der Waals surface area contributed by atoms with Gasteiger partial charge in [0.1, 0.15) is 6.10 Å². The number of carbonyl (C=O) groups is 1. The fourth-order valence-electron chi connectivity index (χ4n) is 1.02. The highest BCUT2D eigenvalue weighted by Gasteiger charge is 2.42. The zero-order chi connectivity index (χ0) is 7.94. The van der Waals surface area contributed by atoms with E-state index >= 15 is 0 Å². The summed E-state index contributed by atoms with van der Waals surface area (Å²) in [7, 11) is 0. The van der Waals surface area contributed by atoms with Crippen LogP contribution in [0.4, 0.5) is 0 Å². The van der Waals surface area contributed by atoms with Gasteiger partial charge >= 0.3 is 5.97 Å². The normalized spacial score (nSPS) is 30.5. The Labute approximate surface area is 60.9 Å². The minimum absolute atomic E-state index is 0.109. The van der Waals surface area contributed by atoms with E-state index in [0.29, 0.717) is 0 Å². The number of rotatable bonds is 0. The predicted molar refractivity (Wildman–Crippen MR) is 38.5 cm³/mol.